The average Bonchev–Trinajstić information content (AvgIpc) is 2.98. The van der Waals surface area contributed by atoms with Crippen LogP contribution in [-0.2, 0) is 13.6 Å². The van der Waals surface area contributed by atoms with Crippen molar-refractivity contribution < 1.29 is 23.6 Å². The maximum atomic E-state index is 12.8. The number of imidazole rings is 1. The third kappa shape index (κ3) is 6.00. The molecule has 1 unspecified atom stereocenters. The van der Waals surface area contributed by atoms with Crippen molar-refractivity contribution in [2.45, 2.75) is 39.9 Å². The topological polar surface area (TPSA) is 135 Å². The van der Waals surface area contributed by atoms with Crippen LogP contribution in [0, 0.1) is 5.92 Å². The molecule has 2 rings (SSSR count). The van der Waals surface area contributed by atoms with E-state index >= 15 is 0 Å². The molecule has 0 aliphatic heterocycles. The monoisotopic (exact) mass is 399 g/mol. The maximum absolute atomic E-state index is 12.8. The van der Waals surface area contributed by atoms with Gasteiger partial charge in [0.2, 0.25) is 5.65 Å². The van der Waals surface area contributed by atoms with E-state index in [0.29, 0.717) is 11.2 Å². The first kappa shape index (κ1) is 21.3. The summed E-state index contributed by atoms with van der Waals surface area (Å²) in [6.45, 7) is 6.96. The average molecular weight is 399 g/mol. The Kier molecular flexibility index (Phi) is 7.32. The second kappa shape index (κ2) is 9.27. The van der Waals surface area contributed by atoms with Gasteiger partial charge in [0.15, 0.2) is 11.3 Å². The lowest BCUT2D eigenvalue weighted by Crippen LogP contribution is -2.21. The number of hydrogen-bond acceptors (Lipinski definition) is 9. The number of nitrogen functional groups attached to an aromatic ring is 1. The number of nitrogens with two attached hydrogens (primary N) is 1. The molecule has 0 radical (unpaired) electrons. The second-order valence-corrected chi connectivity index (χ2v) is 8.23. The van der Waals surface area contributed by atoms with Gasteiger partial charge in [0, 0.05) is 11.7 Å². The van der Waals surface area contributed by atoms with E-state index < -0.39 is 13.5 Å². The van der Waals surface area contributed by atoms with Crippen molar-refractivity contribution in [3.63, 3.8) is 0 Å². The van der Waals surface area contributed by atoms with E-state index in [0.717, 1.165) is 0 Å². The lowest BCUT2D eigenvalue weighted by atomic mass is 10.2. The summed E-state index contributed by atoms with van der Waals surface area (Å²) in [7, 11) is -3.43. The first-order valence-electron chi connectivity index (χ1n) is 8.57. The molecule has 2 heterocycles. The zero-order chi connectivity index (χ0) is 20.0. The normalized spacial score (nSPS) is 13.9. The van der Waals surface area contributed by atoms with Gasteiger partial charge in [-0.3, -0.25) is 4.57 Å². The molecular weight excluding hydrogens is 373 g/mol. The van der Waals surface area contributed by atoms with E-state index in [-0.39, 0.29) is 31.2 Å². The number of nitrogens with zero attached hydrogens (tertiary/aromatic N) is 4. The van der Waals surface area contributed by atoms with Gasteiger partial charge in [0.25, 0.3) is 0 Å². The Balaban J connectivity index is 2.08. The van der Waals surface area contributed by atoms with Crippen molar-refractivity contribution in [1.82, 2.24) is 19.7 Å². The SMILES string of the molecule is CC(C)OP(=O)(/C=C/C(CO)COn1cnc2c(N)ncnc21)OC(C)C. The van der Waals surface area contributed by atoms with E-state index in [1.165, 1.54) is 23.2 Å². The van der Waals surface area contributed by atoms with E-state index in [9.17, 15) is 9.67 Å². The smallest absolute Gasteiger partial charge is 0.354 e. The molecule has 0 amide bonds. The molecule has 0 aromatic carbocycles. The second-order valence-electron chi connectivity index (χ2n) is 6.43. The van der Waals surface area contributed by atoms with Gasteiger partial charge in [0.05, 0.1) is 18.8 Å². The highest BCUT2D eigenvalue weighted by Crippen LogP contribution is 2.52. The van der Waals surface area contributed by atoms with Crippen LogP contribution in [0.2, 0.25) is 0 Å². The van der Waals surface area contributed by atoms with Gasteiger partial charge in [0.1, 0.15) is 19.3 Å². The molecule has 1 atom stereocenters. The Bertz CT molecular complexity index is 809. The van der Waals surface area contributed by atoms with Gasteiger partial charge in [-0.1, -0.05) is 6.08 Å². The van der Waals surface area contributed by atoms with E-state index in [4.69, 9.17) is 19.6 Å². The molecule has 0 spiro atoms. The summed E-state index contributed by atoms with van der Waals surface area (Å²) in [5.74, 6) is 1.17. The summed E-state index contributed by atoms with van der Waals surface area (Å²) in [6, 6.07) is 0. The molecule has 0 aliphatic rings. The molecular formula is C16H26N5O5P. The van der Waals surface area contributed by atoms with Gasteiger partial charge < -0.3 is 24.7 Å². The predicted octanol–water partition coefficient (Wildman–Crippen LogP) is 2.00. The summed E-state index contributed by atoms with van der Waals surface area (Å²) in [5, 5.41) is 9.60. The minimum Gasteiger partial charge on any atom is -0.410 e. The van der Waals surface area contributed by atoms with Crippen molar-refractivity contribution in [1.29, 1.82) is 0 Å². The van der Waals surface area contributed by atoms with Crippen LogP contribution in [0.1, 0.15) is 27.7 Å². The summed E-state index contributed by atoms with van der Waals surface area (Å²) in [5.41, 5.74) is 6.58. The molecule has 0 saturated heterocycles. The molecule has 3 N–H and O–H groups in total. The molecule has 10 nitrogen and oxygen atoms in total. The van der Waals surface area contributed by atoms with Crippen LogP contribution in [-0.4, -0.2) is 50.2 Å². The first-order chi connectivity index (χ1) is 12.7. The summed E-state index contributed by atoms with van der Waals surface area (Å²) in [4.78, 5) is 17.7. The van der Waals surface area contributed by atoms with Gasteiger partial charge in [-0.25, -0.2) is 15.0 Å². The standard InChI is InChI=1S/C16H26N5O5P/c1-11(2)25-27(23,26-12(3)4)6-5-13(7-22)8-24-21-10-20-14-15(17)18-9-19-16(14)21/h5-6,9-13,22H,7-8H2,1-4H3,(H2,17,18,19)/b6-5+. The van der Waals surface area contributed by atoms with E-state index in [2.05, 4.69) is 15.0 Å². The van der Waals surface area contributed by atoms with Crippen LogP contribution < -0.4 is 10.6 Å². The summed E-state index contributed by atoms with van der Waals surface area (Å²) in [6.07, 6.45) is 3.75. The fourth-order valence-corrected chi connectivity index (χ4v) is 4.00. The highest BCUT2D eigenvalue weighted by molar-refractivity contribution is 7.57. The molecule has 150 valence electrons. The van der Waals surface area contributed by atoms with Crippen LogP contribution >= 0.6 is 7.60 Å². The molecule has 11 heteroatoms. The largest absolute Gasteiger partial charge is 0.410 e. The van der Waals surface area contributed by atoms with Crippen molar-refractivity contribution >= 4 is 24.6 Å². The minimum atomic E-state index is -3.43. The Hall–Kier alpha value is -2.00. The number of fused-ring (bicyclic) bond motifs is 1. The lowest BCUT2D eigenvalue weighted by molar-refractivity contribution is 0.0788. The van der Waals surface area contributed by atoms with Gasteiger partial charge in [-0.05, 0) is 27.7 Å². The number of rotatable bonds is 10. The van der Waals surface area contributed by atoms with Crippen molar-refractivity contribution in [2.75, 3.05) is 18.9 Å². The summed E-state index contributed by atoms with van der Waals surface area (Å²) < 4.78 is 25.0. The molecule has 2 aromatic rings. The Morgan fingerprint density at radius 2 is 1.89 bits per heavy atom. The zero-order valence-electron chi connectivity index (χ0n) is 15.8. The quantitative estimate of drug-likeness (QED) is 0.575. The van der Waals surface area contributed by atoms with Crippen LogP contribution in [0.15, 0.2) is 24.5 Å². The number of anilines is 1. The molecule has 0 saturated carbocycles. The van der Waals surface area contributed by atoms with E-state index in [1.807, 2.05) is 0 Å². The molecule has 0 fully saturated rings. The lowest BCUT2D eigenvalue weighted by Gasteiger charge is -2.20. The third-order valence-electron chi connectivity index (χ3n) is 3.25. The maximum Gasteiger partial charge on any atom is 0.354 e. The fraction of sp³-hybridized carbons (Fsp3) is 0.562. The summed E-state index contributed by atoms with van der Waals surface area (Å²) >= 11 is 0. The Morgan fingerprint density at radius 1 is 1.22 bits per heavy atom. The number of hydrogen-bond donors (Lipinski definition) is 2. The van der Waals surface area contributed by atoms with Crippen molar-refractivity contribution in [3.05, 3.63) is 24.5 Å². The Morgan fingerprint density at radius 3 is 2.48 bits per heavy atom. The number of aliphatic hydroxyl groups excluding tert-OH is 1. The molecule has 0 bridgehead atoms. The minimum absolute atomic E-state index is 0.0890. The highest BCUT2D eigenvalue weighted by atomic mass is 31.2. The zero-order valence-corrected chi connectivity index (χ0v) is 16.7. The van der Waals surface area contributed by atoms with Crippen LogP contribution in [0.4, 0.5) is 5.82 Å². The van der Waals surface area contributed by atoms with Crippen molar-refractivity contribution in [2.24, 2.45) is 5.92 Å². The van der Waals surface area contributed by atoms with Crippen molar-refractivity contribution in [3.8, 4) is 0 Å². The fourth-order valence-electron chi connectivity index (χ4n) is 2.18. The molecule has 2 aromatic heterocycles. The molecule has 27 heavy (non-hydrogen) atoms. The third-order valence-corrected chi connectivity index (χ3v) is 5.22. The predicted molar refractivity (Wildman–Crippen MR) is 101 cm³/mol. The van der Waals surface area contributed by atoms with Crippen LogP contribution in [0.3, 0.4) is 0 Å². The van der Waals surface area contributed by atoms with E-state index in [1.54, 1.807) is 33.8 Å². The Labute approximate surface area is 157 Å². The van der Waals surface area contributed by atoms with Gasteiger partial charge >= 0.3 is 7.60 Å². The van der Waals surface area contributed by atoms with Gasteiger partial charge in [-0.15, -0.1) is 0 Å². The number of aromatic nitrogens is 4. The highest BCUT2D eigenvalue weighted by Gasteiger charge is 2.25. The van der Waals surface area contributed by atoms with Gasteiger partial charge in [-0.2, -0.15) is 4.73 Å². The van der Waals surface area contributed by atoms with Crippen LogP contribution in [0.5, 0.6) is 0 Å². The van der Waals surface area contributed by atoms with Crippen LogP contribution in [0.25, 0.3) is 11.2 Å². The first-order valence-corrected chi connectivity index (χ1v) is 10.2. The number of aliphatic hydroxyl groups is 1. The molecule has 0 aliphatic carbocycles.